The molecule has 1 aromatic carbocycles. The molecular formula is C14H17NO3S. The van der Waals surface area contributed by atoms with Gasteiger partial charge in [-0.1, -0.05) is 24.3 Å². The smallest absolute Gasteiger partial charge is 0.264 e. The van der Waals surface area contributed by atoms with Crippen molar-refractivity contribution in [2.75, 3.05) is 5.75 Å². The summed E-state index contributed by atoms with van der Waals surface area (Å²) in [6.45, 7) is 7.49. The molecule has 0 aliphatic heterocycles. The molecule has 0 fully saturated rings. The Balaban J connectivity index is 2.04. The van der Waals surface area contributed by atoms with E-state index >= 15 is 0 Å². The molecule has 0 aromatic heterocycles. The number of aryl methyl sites for hydroxylation is 1. The summed E-state index contributed by atoms with van der Waals surface area (Å²) < 4.78 is 30.0. The fraction of sp³-hybridized carbons (Fsp3) is 0.500. The van der Waals surface area contributed by atoms with Crippen molar-refractivity contribution in [3.8, 4) is 0 Å². The molecule has 0 spiro atoms. The number of fused-ring (bicyclic) bond motifs is 1. The highest BCUT2D eigenvalue weighted by molar-refractivity contribution is 7.85. The normalized spacial score (nSPS) is 21.9. The third-order valence-corrected chi connectivity index (χ3v) is 4.59. The largest absolute Gasteiger partial charge is 0.305 e. The van der Waals surface area contributed by atoms with Gasteiger partial charge >= 0.3 is 0 Å². The maximum atomic E-state index is 10.7. The van der Waals surface area contributed by atoms with E-state index in [1.807, 2.05) is 18.2 Å². The molecule has 0 saturated carbocycles. The van der Waals surface area contributed by atoms with Crippen LogP contribution in [-0.2, 0) is 22.1 Å². The number of unbranched alkanes of at least 4 members (excludes halogenated alkanes) is 1. The lowest BCUT2D eigenvalue weighted by Gasteiger charge is -2.17. The van der Waals surface area contributed by atoms with E-state index in [1.54, 1.807) is 0 Å². The minimum Gasteiger partial charge on any atom is -0.305 e. The maximum Gasteiger partial charge on any atom is 0.264 e. The fourth-order valence-corrected chi connectivity index (χ4v) is 3.37. The Hall–Kier alpha value is -1.38. The lowest BCUT2D eigenvalue weighted by atomic mass is 9.87. The number of rotatable bonds is 5. The summed E-state index contributed by atoms with van der Waals surface area (Å²) in [5.41, 5.74) is 1.83. The highest BCUT2D eigenvalue weighted by Gasteiger charge is 2.44. The van der Waals surface area contributed by atoms with Gasteiger partial charge in [-0.25, -0.2) is 6.57 Å². The lowest BCUT2D eigenvalue weighted by molar-refractivity contribution is 0.451. The van der Waals surface area contributed by atoms with Crippen LogP contribution >= 0.6 is 0 Å². The van der Waals surface area contributed by atoms with E-state index in [1.165, 1.54) is 5.56 Å². The average Bonchev–Trinajstić information content (AvgIpc) is 2.74. The van der Waals surface area contributed by atoms with Crippen LogP contribution in [0.3, 0.4) is 0 Å². The molecule has 0 saturated heterocycles. The van der Waals surface area contributed by atoms with Gasteiger partial charge < -0.3 is 4.85 Å². The summed E-state index contributed by atoms with van der Waals surface area (Å²) in [7, 11) is -3.88. The van der Waals surface area contributed by atoms with Gasteiger partial charge in [0.05, 0.1) is 5.75 Å². The number of hydrogen-bond donors (Lipinski definition) is 1. The molecule has 4 nitrogen and oxygen atoms in total. The standard InChI is InChI=1S/C14H17NO3S/c1-15-14(9-4-5-11-19(16,17)18)10-8-12-6-2-3-7-13(12)14/h2-3,6-7H,4-5,8-11H2,(H,16,17,18). The molecule has 0 amide bonds. The Bertz CT molecular complexity index is 603. The van der Waals surface area contributed by atoms with E-state index in [4.69, 9.17) is 11.1 Å². The van der Waals surface area contributed by atoms with E-state index in [-0.39, 0.29) is 5.75 Å². The van der Waals surface area contributed by atoms with Gasteiger partial charge in [0.15, 0.2) is 0 Å². The van der Waals surface area contributed by atoms with E-state index in [0.29, 0.717) is 19.3 Å². The molecule has 1 aromatic rings. The van der Waals surface area contributed by atoms with Crippen LogP contribution in [0.4, 0.5) is 0 Å². The van der Waals surface area contributed by atoms with Gasteiger partial charge in [0.2, 0.25) is 0 Å². The summed E-state index contributed by atoms with van der Waals surface area (Å²) in [6, 6.07) is 7.99. The van der Waals surface area contributed by atoms with Crippen molar-refractivity contribution in [3.63, 3.8) is 0 Å². The van der Waals surface area contributed by atoms with Gasteiger partial charge in [-0.05, 0) is 24.8 Å². The molecule has 2 rings (SSSR count). The molecule has 1 aliphatic rings. The van der Waals surface area contributed by atoms with Crippen LogP contribution < -0.4 is 0 Å². The predicted molar refractivity (Wildman–Crippen MR) is 73.3 cm³/mol. The van der Waals surface area contributed by atoms with Gasteiger partial charge in [0.1, 0.15) is 0 Å². The van der Waals surface area contributed by atoms with Crippen molar-refractivity contribution >= 4 is 10.1 Å². The van der Waals surface area contributed by atoms with E-state index in [0.717, 1.165) is 18.4 Å². The summed E-state index contributed by atoms with van der Waals surface area (Å²) in [5, 5.41) is 0. The first-order chi connectivity index (χ1) is 8.97. The minimum absolute atomic E-state index is 0.220. The predicted octanol–water partition coefficient (Wildman–Crippen LogP) is 2.81. The zero-order valence-electron chi connectivity index (χ0n) is 10.7. The van der Waals surface area contributed by atoms with Crippen LogP contribution in [0.25, 0.3) is 4.85 Å². The second kappa shape index (κ2) is 5.32. The first-order valence-corrected chi connectivity index (χ1v) is 8.00. The van der Waals surface area contributed by atoms with Crippen LogP contribution in [0.5, 0.6) is 0 Å². The molecule has 1 N–H and O–H groups in total. The van der Waals surface area contributed by atoms with Crippen LogP contribution in [0.1, 0.15) is 36.8 Å². The van der Waals surface area contributed by atoms with Crippen LogP contribution in [0.2, 0.25) is 0 Å². The van der Waals surface area contributed by atoms with Crippen LogP contribution in [0, 0.1) is 6.57 Å². The molecule has 19 heavy (non-hydrogen) atoms. The van der Waals surface area contributed by atoms with Crippen molar-refractivity contribution in [2.24, 2.45) is 0 Å². The quantitative estimate of drug-likeness (QED) is 0.512. The molecular weight excluding hydrogens is 262 g/mol. The molecule has 5 heteroatoms. The third-order valence-electron chi connectivity index (χ3n) is 3.78. The summed E-state index contributed by atoms with van der Waals surface area (Å²) in [6.07, 6.45) is 3.41. The van der Waals surface area contributed by atoms with Gasteiger partial charge in [-0.3, -0.25) is 4.55 Å². The second-order valence-corrected chi connectivity index (χ2v) is 6.62. The van der Waals surface area contributed by atoms with Crippen molar-refractivity contribution < 1.29 is 13.0 Å². The van der Waals surface area contributed by atoms with Crippen molar-refractivity contribution in [2.45, 2.75) is 37.6 Å². The summed E-state index contributed by atoms with van der Waals surface area (Å²) >= 11 is 0. The SMILES string of the molecule is [C-]#[N+]C1(CCCCS(=O)(=O)O)CCc2ccccc21. The summed E-state index contributed by atoms with van der Waals surface area (Å²) in [4.78, 5) is 3.83. The second-order valence-electron chi connectivity index (χ2n) is 5.04. The molecule has 1 atom stereocenters. The topological polar surface area (TPSA) is 58.7 Å². The highest BCUT2D eigenvalue weighted by Crippen LogP contribution is 2.43. The summed E-state index contributed by atoms with van der Waals surface area (Å²) in [5.74, 6) is -0.220. The van der Waals surface area contributed by atoms with E-state index < -0.39 is 15.7 Å². The van der Waals surface area contributed by atoms with Crippen molar-refractivity contribution in [1.82, 2.24) is 0 Å². The zero-order chi connectivity index (χ0) is 13.9. The van der Waals surface area contributed by atoms with Gasteiger partial charge in [0, 0.05) is 18.4 Å². The van der Waals surface area contributed by atoms with E-state index in [9.17, 15) is 8.42 Å². The number of nitrogens with zero attached hydrogens (tertiary/aromatic N) is 1. The minimum atomic E-state index is -3.88. The third kappa shape index (κ3) is 3.14. The maximum absolute atomic E-state index is 10.7. The Morgan fingerprint density at radius 3 is 2.74 bits per heavy atom. The number of benzene rings is 1. The fourth-order valence-electron chi connectivity index (χ4n) is 2.80. The van der Waals surface area contributed by atoms with Gasteiger partial charge in [0.25, 0.3) is 15.7 Å². The van der Waals surface area contributed by atoms with Crippen LogP contribution in [0.15, 0.2) is 24.3 Å². The molecule has 1 unspecified atom stereocenters. The van der Waals surface area contributed by atoms with Gasteiger partial charge in [-0.15, -0.1) is 0 Å². The first kappa shape index (κ1) is 14.0. The molecule has 1 aliphatic carbocycles. The van der Waals surface area contributed by atoms with Crippen LogP contribution in [-0.4, -0.2) is 18.7 Å². The molecule has 0 radical (unpaired) electrons. The Kier molecular flexibility index (Phi) is 3.93. The highest BCUT2D eigenvalue weighted by atomic mass is 32.2. The zero-order valence-corrected chi connectivity index (χ0v) is 11.5. The van der Waals surface area contributed by atoms with E-state index in [2.05, 4.69) is 10.9 Å². The first-order valence-electron chi connectivity index (χ1n) is 6.39. The molecule has 0 bridgehead atoms. The Morgan fingerprint density at radius 2 is 2.05 bits per heavy atom. The lowest BCUT2D eigenvalue weighted by Crippen LogP contribution is -2.18. The Morgan fingerprint density at radius 1 is 1.32 bits per heavy atom. The average molecular weight is 279 g/mol. The Labute approximate surface area is 114 Å². The van der Waals surface area contributed by atoms with Gasteiger partial charge in [-0.2, -0.15) is 8.42 Å². The van der Waals surface area contributed by atoms with Crippen molar-refractivity contribution in [3.05, 3.63) is 46.8 Å². The molecule has 102 valence electrons. The number of hydrogen-bond acceptors (Lipinski definition) is 2. The van der Waals surface area contributed by atoms with Crippen molar-refractivity contribution in [1.29, 1.82) is 0 Å². The monoisotopic (exact) mass is 279 g/mol. The molecule has 0 heterocycles.